The van der Waals surface area contributed by atoms with Gasteiger partial charge < -0.3 is 20.5 Å². The highest BCUT2D eigenvalue weighted by atomic mass is 79.9. The van der Waals surface area contributed by atoms with Crippen LogP contribution < -0.4 is 10.9 Å². The van der Waals surface area contributed by atoms with Gasteiger partial charge >= 0.3 is 6.18 Å². The Bertz CT molecular complexity index is 1240. The summed E-state index contributed by atoms with van der Waals surface area (Å²) in [6, 6.07) is 8.91. The molecule has 0 amide bonds. The number of H-pyrrole nitrogens is 1. The lowest BCUT2D eigenvalue weighted by molar-refractivity contribution is -0.275. The number of aromatic hydroxyl groups is 1. The van der Waals surface area contributed by atoms with Gasteiger partial charge in [0, 0.05) is 27.2 Å². The van der Waals surface area contributed by atoms with Crippen molar-refractivity contribution in [3.63, 3.8) is 0 Å². The molecule has 5 nitrogen and oxygen atoms in total. The highest BCUT2D eigenvalue weighted by Gasteiger charge is 2.64. The summed E-state index contributed by atoms with van der Waals surface area (Å²) < 4.78 is 43.2. The number of anilines is 1. The van der Waals surface area contributed by atoms with E-state index >= 15 is 0 Å². The van der Waals surface area contributed by atoms with Gasteiger partial charge in [-0.05, 0) is 47.7 Å². The molecule has 31 heavy (non-hydrogen) atoms. The molecule has 1 aliphatic carbocycles. The van der Waals surface area contributed by atoms with Crippen molar-refractivity contribution in [2.45, 2.75) is 43.5 Å². The number of fused-ring (bicyclic) bond motifs is 2. The standard InChI is InChI=1S/C22H20BrF3N2O3/c1-20(2)10-21(31,22(24,25)26)19(13-8-11(23)9-16(29)18(13)20)28-15-5-3-4-14-12(15)6-7-17(30)27-14/h3-9,19,28-29,31H,10H2,1-2H3,(H,27,30). The SMILES string of the molecule is CC1(C)CC(O)(C(F)(F)F)C(Nc2cccc3[nH]c(=O)ccc23)c2cc(Br)cc(O)c21. The van der Waals surface area contributed by atoms with Crippen LogP contribution >= 0.6 is 15.9 Å². The first-order valence-corrected chi connectivity index (χ1v) is 10.3. The quantitative estimate of drug-likeness (QED) is 0.396. The number of phenolic OH excluding ortho intramolecular Hbond substituents is 1. The van der Waals surface area contributed by atoms with Crippen LogP contribution in [0.5, 0.6) is 5.75 Å². The number of halogens is 4. The third-order valence-corrected chi connectivity index (χ3v) is 6.30. The van der Waals surface area contributed by atoms with Crippen molar-refractivity contribution in [2.24, 2.45) is 0 Å². The lowest BCUT2D eigenvalue weighted by atomic mass is 9.63. The smallest absolute Gasteiger partial charge is 0.419 e. The average molecular weight is 497 g/mol. The molecule has 0 spiro atoms. The second-order valence-corrected chi connectivity index (χ2v) is 9.45. The molecular formula is C22H20BrF3N2O3. The number of aliphatic hydroxyl groups is 1. The van der Waals surface area contributed by atoms with Gasteiger partial charge in [0.2, 0.25) is 5.56 Å². The summed E-state index contributed by atoms with van der Waals surface area (Å²) >= 11 is 3.24. The Labute approximate surface area is 184 Å². The Balaban J connectivity index is 1.97. The molecule has 164 valence electrons. The number of rotatable bonds is 2. The number of hydrogen-bond acceptors (Lipinski definition) is 4. The van der Waals surface area contributed by atoms with Crippen molar-refractivity contribution in [3.05, 3.63) is 68.4 Å². The fourth-order valence-electron chi connectivity index (χ4n) is 4.63. The van der Waals surface area contributed by atoms with Crippen LogP contribution in [-0.4, -0.2) is 27.0 Å². The molecule has 2 atom stereocenters. The molecular weight excluding hydrogens is 477 g/mol. The summed E-state index contributed by atoms with van der Waals surface area (Å²) in [7, 11) is 0. The summed E-state index contributed by atoms with van der Waals surface area (Å²) in [6.45, 7) is 3.13. The van der Waals surface area contributed by atoms with E-state index in [4.69, 9.17) is 0 Å². The molecule has 1 heterocycles. The van der Waals surface area contributed by atoms with Gasteiger partial charge in [-0.2, -0.15) is 13.2 Å². The molecule has 0 saturated heterocycles. The predicted octanol–water partition coefficient (Wildman–Crippen LogP) is 5.12. The molecule has 3 aromatic rings. The third kappa shape index (κ3) is 3.49. The van der Waals surface area contributed by atoms with Gasteiger partial charge in [-0.15, -0.1) is 0 Å². The van der Waals surface area contributed by atoms with Crippen molar-refractivity contribution >= 4 is 32.5 Å². The Kier molecular flexibility index (Phi) is 4.90. The van der Waals surface area contributed by atoms with Gasteiger partial charge in [-0.3, -0.25) is 4.79 Å². The van der Waals surface area contributed by atoms with Gasteiger partial charge in [0.15, 0.2) is 5.60 Å². The summed E-state index contributed by atoms with van der Waals surface area (Å²) in [6.07, 6.45) is -5.60. The lowest BCUT2D eigenvalue weighted by Gasteiger charge is -2.49. The normalized spacial score (nSPS) is 22.9. The highest BCUT2D eigenvalue weighted by molar-refractivity contribution is 9.10. The van der Waals surface area contributed by atoms with Crippen LogP contribution in [0, 0.1) is 0 Å². The lowest BCUT2D eigenvalue weighted by Crippen LogP contribution is -2.58. The van der Waals surface area contributed by atoms with Gasteiger partial charge in [0.25, 0.3) is 0 Å². The van der Waals surface area contributed by atoms with Crippen molar-refractivity contribution < 1.29 is 23.4 Å². The van der Waals surface area contributed by atoms with Gasteiger partial charge in [-0.1, -0.05) is 35.8 Å². The van der Waals surface area contributed by atoms with Crippen molar-refractivity contribution in [1.82, 2.24) is 4.98 Å². The number of pyridine rings is 1. The minimum absolute atomic E-state index is 0.143. The summed E-state index contributed by atoms with van der Waals surface area (Å²) in [5.74, 6) is -0.146. The number of hydrogen-bond donors (Lipinski definition) is 4. The summed E-state index contributed by atoms with van der Waals surface area (Å²) in [4.78, 5) is 14.3. The third-order valence-electron chi connectivity index (χ3n) is 5.85. The fourth-order valence-corrected chi connectivity index (χ4v) is 5.09. The molecule has 2 unspecified atom stereocenters. The van der Waals surface area contributed by atoms with Gasteiger partial charge in [0.05, 0.1) is 11.6 Å². The second kappa shape index (κ2) is 7.00. The minimum Gasteiger partial charge on any atom is -0.508 e. The molecule has 0 fully saturated rings. The number of phenols is 1. The largest absolute Gasteiger partial charge is 0.508 e. The monoisotopic (exact) mass is 496 g/mol. The maximum Gasteiger partial charge on any atom is 0.419 e. The van der Waals surface area contributed by atoms with Crippen LogP contribution in [0.15, 0.2) is 51.7 Å². The zero-order valence-corrected chi connectivity index (χ0v) is 18.2. The zero-order chi connectivity index (χ0) is 22.8. The van der Waals surface area contributed by atoms with Gasteiger partial charge in [0.1, 0.15) is 5.75 Å². The van der Waals surface area contributed by atoms with Crippen LogP contribution in [-0.2, 0) is 5.41 Å². The minimum atomic E-state index is -4.95. The molecule has 0 aliphatic heterocycles. The van der Waals surface area contributed by atoms with E-state index in [-0.39, 0.29) is 16.9 Å². The number of alkyl halides is 3. The molecule has 0 radical (unpaired) electrons. The fraction of sp³-hybridized carbons (Fsp3) is 0.318. The Morgan fingerprint density at radius 2 is 1.90 bits per heavy atom. The van der Waals surface area contributed by atoms with Crippen LogP contribution in [0.4, 0.5) is 18.9 Å². The van der Waals surface area contributed by atoms with E-state index in [2.05, 4.69) is 26.2 Å². The maximum atomic E-state index is 14.3. The number of aromatic nitrogens is 1. The van der Waals surface area contributed by atoms with Crippen LogP contribution in [0.1, 0.15) is 37.4 Å². The van der Waals surface area contributed by atoms with Crippen LogP contribution in [0.25, 0.3) is 10.9 Å². The number of benzene rings is 2. The van der Waals surface area contributed by atoms with E-state index < -0.39 is 29.7 Å². The molecule has 4 rings (SSSR count). The maximum absolute atomic E-state index is 14.3. The van der Waals surface area contributed by atoms with Crippen molar-refractivity contribution in [3.8, 4) is 5.75 Å². The van der Waals surface area contributed by atoms with Crippen LogP contribution in [0.2, 0.25) is 0 Å². The molecule has 0 bridgehead atoms. The topological polar surface area (TPSA) is 85.4 Å². The van der Waals surface area contributed by atoms with E-state index in [1.807, 2.05) is 0 Å². The highest BCUT2D eigenvalue weighted by Crippen LogP contribution is 2.56. The van der Waals surface area contributed by atoms with E-state index in [1.165, 1.54) is 24.3 Å². The van der Waals surface area contributed by atoms with E-state index in [1.54, 1.807) is 32.0 Å². The first kappa shape index (κ1) is 21.7. The second-order valence-electron chi connectivity index (χ2n) is 8.54. The van der Waals surface area contributed by atoms with Gasteiger partial charge in [-0.25, -0.2) is 0 Å². The summed E-state index contributed by atoms with van der Waals surface area (Å²) in [5.41, 5.74) is -3.35. The predicted molar refractivity (Wildman–Crippen MR) is 115 cm³/mol. The molecule has 2 aromatic carbocycles. The van der Waals surface area contributed by atoms with Crippen molar-refractivity contribution in [2.75, 3.05) is 5.32 Å². The Morgan fingerprint density at radius 1 is 1.19 bits per heavy atom. The van der Waals surface area contributed by atoms with E-state index in [9.17, 15) is 28.2 Å². The molecule has 0 saturated carbocycles. The zero-order valence-electron chi connectivity index (χ0n) is 16.6. The Morgan fingerprint density at radius 3 is 2.58 bits per heavy atom. The van der Waals surface area contributed by atoms with Crippen LogP contribution in [0.3, 0.4) is 0 Å². The average Bonchev–Trinajstić information content (AvgIpc) is 2.62. The number of aromatic amines is 1. The molecule has 4 N–H and O–H groups in total. The molecule has 9 heteroatoms. The van der Waals surface area contributed by atoms with E-state index in [0.717, 1.165) is 0 Å². The Hall–Kier alpha value is -2.52. The molecule has 1 aliphatic rings. The number of nitrogens with one attached hydrogen (secondary N) is 2. The van der Waals surface area contributed by atoms with Crippen molar-refractivity contribution in [1.29, 1.82) is 0 Å². The van der Waals surface area contributed by atoms with E-state index in [0.29, 0.717) is 26.6 Å². The summed E-state index contributed by atoms with van der Waals surface area (Å²) in [5, 5.41) is 25.0. The first-order valence-electron chi connectivity index (χ1n) is 9.54. The first-order chi connectivity index (χ1) is 14.3. The molecule has 1 aromatic heterocycles.